The van der Waals surface area contributed by atoms with Crippen molar-refractivity contribution in [2.75, 3.05) is 7.11 Å². The highest BCUT2D eigenvalue weighted by molar-refractivity contribution is 5.86. The first-order chi connectivity index (χ1) is 11.3. The smallest absolute Gasteiger partial charge is 0.333 e. The second-order valence-electron chi connectivity index (χ2n) is 7.06. The molecule has 0 bridgehead atoms. The molecule has 0 aliphatic heterocycles. The van der Waals surface area contributed by atoms with E-state index in [-0.39, 0.29) is 28.9 Å². The predicted molar refractivity (Wildman–Crippen MR) is 90.0 cm³/mol. The van der Waals surface area contributed by atoms with E-state index in [1.54, 1.807) is 19.1 Å². The number of hydrogen-bond acceptors (Lipinski definition) is 4. The van der Waals surface area contributed by atoms with Crippen LogP contribution in [0.5, 0.6) is 0 Å². The van der Waals surface area contributed by atoms with Crippen LogP contribution in [-0.2, 0) is 19.1 Å². The quantitative estimate of drug-likeness (QED) is 0.814. The Labute approximate surface area is 142 Å². The van der Waals surface area contributed by atoms with E-state index in [9.17, 15) is 14.4 Å². The molecule has 3 atom stereocenters. The molecule has 5 nitrogen and oxygen atoms in total. The Bertz CT molecular complexity index is 624. The van der Waals surface area contributed by atoms with Crippen LogP contribution in [0.3, 0.4) is 0 Å². The minimum atomic E-state index is -0.810. The third-order valence-corrected chi connectivity index (χ3v) is 5.27. The average Bonchev–Trinajstić information content (AvgIpc) is 2.55. The lowest BCUT2D eigenvalue weighted by Gasteiger charge is -2.51. The van der Waals surface area contributed by atoms with Gasteiger partial charge in [-0.1, -0.05) is 44.2 Å². The van der Waals surface area contributed by atoms with Gasteiger partial charge in [0.15, 0.2) is 6.04 Å². The van der Waals surface area contributed by atoms with Gasteiger partial charge in [0.1, 0.15) is 5.78 Å². The van der Waals surface area contributed by atoms with E-state index in [0.29, 0.717) is 12.0 Å². The molecular weight excluding hydrogens is 306 g/mol. The largest absolute Gasteiger partial charge is 0.467 e. The van der Waals surface area contributed by atoms with Gasteiger partial charge in [-0.15, -0.1) is 0 Å². The highest BCUT2D eigenvalue weighted by atomic mass is 16.5. The molecule has 2 rings (SSSR count). The number of hydrogen-bond donors (Lipinski definition) is 1. The Morgan fingerprint density at radius 3 is 2.38 bits per heavy atom. The van der Waals surface area contributed by atoms with Crippen molar-refractivity contribution in [3.05, 3.63) is 35.9 Å². The second kappa shape index (κ2) is 7.16. The molecule has 0 aromatic heterocycles. The van der Waals surface area contributed by atoms with Gasteiger partial charge in [0, 0.05) is 12.3 Å². The molecule has 1 aromatic carbocycles. The van der Waals surface area contributed by atoms with E-state index in [2.05, 4.69) is 5.32 Å². The van der Waals surface area contributed by atoms with Crippen LogP contribution < -0.4 is 5.32 Å². The first-order valence-corrected chi connectivity index (χ1v) is 8.20. The van der Waals surface area contributed by atoms with Gasteiger partial charge in [-0.2, -0.15) is 0 Å². The summed E-state index contributed by atoms with van der Waals surface area (Å²) in [6.07, 6.45) is 1.03. The molecule has 1 aliphatic rings. The number of benzene rings is 1. The minimum Gasteiger partial charge on any atom is -0.467 e. The number of nitrogens with one attached hydrogen (secondary N) is 1. The summed E-state index contributed by atoms with van der Waals surface area (Å²) < 4.78 is 4.80. The number of amides is 1. The van der Waals surface area contributed by atoms with Crippen molar-refractivity contribution in [2.24, 2.45) is 17.3 Å². The van der Waals surface area contributed by atoms with Crippen LogP contribution in [0.25, 0.3) is 0 Å². The fourth-order valence-corrected chi connectivity index (χ4v) is 3.54. The van der Waals surface area contributed by atoms with Gasteiger partial charge in [-0.25, -0.2) is 4.79 Å². The van der Waals surface area contributed by atoms with Gasteiger partial charge in [0.05, 0.1) is 7.11 Å². The molecule has 0 radical (unpaired) electrons. The number of ether oxygens (including phenoxy) is 1. The standard InChI is InChI=1S/C19H25NO4/c1-12(21)15-10-14(19(15,2)3)11-16(22)20-17(18(23)24-4)13-8-6-5-7-9-13/h5-9,14-15,17H,10-11H2,1-4H3,(H,20,22)/t14-,15+,17+/m0/s1. The van der Waals surface area contributed by atoms with Gasteiger partial charge in [0.25, 0.3) is 0 Å². The summed E-state index contributed by atoms with van der Waals surface area (Å²) in [5.74, 6) is -0.368. The number of Topliss-reactive ketones (excluding diaryl/α,β-unsaturated/α-hetero) is 1. The van der Waals surface area contributed by atoms with Crippen LogP contribution >= 0.6 is 0 Å². The maximum atomic E-state index is 12.4. The lowest BCUT2D eigenvalue weighted by atomic mass is 9.52. The molecule has 0 saturated heterocycles. The molecule has 130 valence electrons. The predicted octanol–water partition coefficient (Wildman–Crippen LogP) is 2.66. The van der Waals surface area contributed by atoms with Gasteiger partial charge >= 0.3 is 5.97 Å². The lowest BCUT2D eigenvalue weighted by Crippen LogP contribution is -2.50. The fourth-order valence-electron chi connectivity index (χ4n) is 3.54. The van der Waals surface area contributed by atoms with Crippen LogP contribution in [0.2, 0.25) is 0 Å². The van der Waals surface area contributed by atoms with Crippen molar-refractivity contribution >= 4 is 17.7 Å². The lowest BCUT2D eigenvalue weighted by molar-refractivity contribution is -0.146. The number of carbonyl (C=O) groups excluding carboxylic acids is 3. The molecule has 0 unspecified atom stereocenters. The zero-order valence-corrected chi connectivity index (χ0v) is 14.7. The first-order valence-electron chi connectivity index (χ1n) is 8.20. The van der Waals surface area contributed by atoms with Gasteiger partial charge < -0.3 is 10.1 Å². The van der Waals surface area contributed by atoms with Crippen LogP contribution in [0.4, 0.5) is 0 Å². The normalized spacial score (nSPS) is 22.8. The summed E-state index contributed by atoms with van der Waals surface area (Å²) in [5, 5.41) is 2.77. The summed E-state index contributed by atoms with van der Waals surface area (Å²) in [6.45, 7) is 5.65. The Morgan fingerprint density at radius 2 is 1.88 bits per heavy atom. The molecule has 1 aliphatic carbocycles. The SMILES string of the molecule is COC(=O)[C@H](NC(=O)C[C@@H]1C[C@H](C(C)=O)C1(C)C)c1ccccc1. The third-order valence-electron chi connectivity index (χ3n) is 5.27. The molecule has 1 aromatic rings. The van der Waals surface area contributed by atoms with Crippen LogP contribution in [0.1, 0.15) is 45.2 Å². The molecule has 1 fully saturated rings. The molecule has 5 heteroatoms. The average molecular weight is 331 g/mol. The van der Waals surface area contributed by atoms with Crippen molar-refractivity contribution in [3.8, 4) is 0 Å². The number of ketones is 1. The van der Waals surface area contributed by atoms with Crippen molar-refractivity contribution in [1.29, 1.82) is 0 Å². The van der Waals surface area contributed by atoms with E-state index in [4.69, 9.17) is 4.74 Å². The highest BCUT2D eigenvalue weighted by Gasteiger charge is 2.50. The molecular formula is C19H25NO4. The summed E-state index contributed by atoms with van der Waals surface area (Å²) in [4.78, 5) is 36.0. The van der Waals surface area contributed by atoms with Crippen LogP contribution in [0.15, 0.2) is 30.3 Å². The topological polar surface area (TPSA) is 72.5 Å². The summed E-state index contributed by atoms with van der Waals surface area (Å²) >= 11 is 0. The number of carbonyl (C=O) groups is 3. The van der Waals surface area contributed by atoms with Crippen molar-refractivity contribution in [2.45, 2.75) is 39.7 Å². The fraction of sp³-hybridized carbons (Fsp3) is 0.526. The van der Waals surface area contributed by atoms with Crippen molar-refractivity contribution in [1.82, 2.24) is 5.32 Å². The second-order valence-corrected chi connectivity index (χ2v) is 7.06. The summed E-state index contributed by atoms with van der Waals surface area (Å²) in [7, 11) is 1.30. The van der Waals surface area contributed by atoms with Crippen LogP contribution in [0, 0.1) is 17.3 Å². The number of esters is 1. The van der Waals surface area contributed by atoms with Crippen molar-refractivity contribution in [3.63, 3.8) is 0 Å². The van der Waals surface area contributed by atoms with E-state index in [1.165, 1.54) is 7.11 Å². The Morgan fingerprint density at radius 1 is 1.25 bits per heavy atom. The monoisotopic (exact) mass is 331 g/mol. The molecule has 1 amide bonds. The van der Waals surface area contributed by atoms with Crippen molar-refractivity contribution < 1.29 is 19.1 Å². The third kappa shape index (κ3) is 3.66. The Hall–Kier alpha value is -2.17. The van der Waals surface area contributed by atoms with E-state index >= 15 is 0 Å². The molecule has 0 heterocycles. The summed E-state index contributed by atoms with van der Waals surface area (Å²) in [5.41, 5.74) is 0.503. The molecule has 1 saturated carbocycles. The summed E-state index contributed by atoms with van der Waals surface area (Å²) in [6, 6.07) is 8.21. The van der Waals surface area contributed by atoms with Gasteiger partial charge in [0.2, 0.25) is 5.91 Å². The van der Waals surface area contributed by atoms with E-state index in [0.717, 1.165) is 6.42 Å². The zero-order valence-electron chi connectivity index (χ0n) is 14.7. The van der Waals surface area contributed by atoms with Gasteiger partial charge in [-0.3, -0.25) is 9.59 Å². The maximum Gasteiger partial charge on any atom is 0.333 e. The van der Waals surface area contributed by atoms with Crippen LogP contribution in [-0.4, -0.2) is 24.8 Å². The van der Waals surface area contributed by atoms with E-state index < -0.39 is 12.0 Å². The molecule has 0 spiro atoms. The number of methoxy groups -OCH3 is 1. The zero-order chi connectivity index (χ0) is 17.9. The Kier molecular flexibility index (Phi) is 5.42. The maximum absolute atomic E-state index is 12.4. The van der Waals surface area contributed by atoms with Gasteiger partial charge in [-0.05, 0) is 30.2 Å². The first kappa shape index (κ1) is 18.2. The highest BCUT2D eigenvalue weighted by Crippen LogP contribution is 2.53. The minimum absolute atomic E-state index is 0.0147. The molecule has 24 heavy (non-hydrogen) atoms. The molecule has 1 N–H and O–H groups in total. The van der Waals surface area contributed by atoms with E-state index in [1.807, 2.05) is 32.0 Å². The Balaban J connectivity index is 2.02. The number of rotatable bonds is 6.